The zero-order chi connectivity index (χ0) is 19.6. The van der Waals surface area contributed by atoms with Gasteiger partial charge in [-0.05, 0) is 44.5 Å². The van der Waals surface area contributed by atoms with E-state index in [2.05, 4.69) is 18.0 Å². The number of Topliss-reactive ketones (excluding diaryl/α,β-unsaturated/α-hetero) is 1. The number of likely N-dealkylation sites (N-methyl/N-ethyl adjacent to an activating group) is 1. The maximum Gasteiger partial charge on any atom is 0.300 e. The molecule has 4 atom stereocenters. The fourth-order valence-electron chi connectivity index (χ4n) is 5.69. The van der Waals surface area contributed by atoms with Gasteiger partial charge in [0.25, 0.3) is 5.97 Å². The average Bonchev–Trinajstić information content (AvgIpc) is 2.96. The Labute approximate surface area is 174 Å². The third-order valence-corrected chi connectivity index (χ3v) is 6.73. The molecule has 2 heterocycles. The van der Waals surface area contributed by atoms with Crippen molar-refractivity contribution < 1.29 is 45.7 Å². The first-order chi connectivity index (χ1) is 12.8. The number of piperidine rings is 1. The van der Waals surface area contributed by atoms with Crippen molar-refractivity contribution in [1.82, 2.24) is 4.90 Å². The molecule has 0 aromatic heterocycles. The van der Waals surface area contributed by atoms with E-state index in [1.807, 2.05) is 6.07 Å². The lowest BCUT2D eigenvalue weighted by Crippen LogP contribution is -2.76. The number of aliphatic carboxylic acids is 1. The van der Waals surface area contributed by atoms with Gasteiger partial charge in [-0.25, -0.2) is 0 Å². The number of rotatable bonds is 1. The molecule has 0 unspecified atom stereocenters. The number of carbonyl (C=O) groups is 2. The summed E-state index contributed by atoms with van der Waals surface area (Å²) in [5.41, 5.74) is 0.737. The molecular weight excluding hydrogens is 398 g/mol. The highest BCUT2D eigenvalue weighted by molar-refractivity contribution is 5.90. The number of hydrogen-bond donors (Lipinski definition) is 2. The molecule has 0 radical (unpaired) electrons. The smallest absolute Gasteiger partial charge is 0.300 e. The first-order valence-corrected chi connectivity index (χ1v) is 9.28. The predicted molar refractivity (Wildman–Crippen MR) is 107 cm³/mol. The van der Waals surface area contributed by atoms with Crippen LogP contribution in [0.25, 0.3) is 0 Å². The molecule has 10 nitrogen and oxygen atoms in total. The Morgan fingerprint density at radius 2 is 1.90 bits per heavy atom. The zero-order valence-electron chi connectivity index (χ0n) is 17.3. The van der Waals surface area contributed by atoms with Crippen LogP contribution in [0.5, 0.6) is 11.5 Å². The molecule has 30 heavy (non-hydrogen) atoms. The highest BCUT2D eigenvalue weighted by Crippen LogP contribution is 2.64. The van der Waals surface area contributed by atoms with Gasteiger partial charge in [-0.3, -0.25) is 9.59 Å². The van der Waals surface area contributed by atoms with Crippen LogP contribution in [0, 0.1) is 0 Å². The third kappa shape index (κ3) is 3.07. The lowest BCUT2D eigenvalue weighted by molar-refractivity contribution is -0.185. The van der Waals surface area contributed by atoms with Crippen molar-refractivity contribution in [2.24, 2.45) is 0 Å². The number of aliphatic hydroxyl groups is 1. The van der Waals surface area contributed by atoms with E-state index in [4.69, 9.17) is 19.4 Å². The van der Waals surface area contributed by atoms with Crippen molar-refractivity contribution in [1.29, 1.82) is 0 Å². The monoisotopic (exact) mass is 429 g/mol. The highest BCUT2D eigenvalue weighted by atomic mass is 16.5. The number of ketones is 1. The van der Waals surface area contributed by atoms with E-state index >= 15 is 0 Å². The Morgan fingerprint density at radius 3 is 2.50 bits per heavy atom. The minimum Gasteiger partial charge on any atom is -0.493 e. The number of carboxylic acid groups (broad SMARTS) is 1. The van der Waals surface area contributed by atoms with E-state index in [-0.39, 0.29) is 28.3 Å². The molecule has 1 saturated heterocycles. The number of nitrogens with zero attached hydrogens (tertiary/aromatic N) is 1. The van der Waals surface area contributed by atoms with Crippen molar-refractivity contribution in [3.63, 3.8) is 0 Å². The van der Waals surface area contributed by atoms with Crippen LogP contribution in [0.1, 0.15) is 37.3 Å². The number of carboxylic acids is 1. The van der Waals surface area contributed by atoms with Gasteiger partial charge in [0.2, 0.25) is 0 Å². The Kier molecular flexibility index (Phi) is 7.29. The predicted octanol–water partition coefficient (Wildman–Crippen LogP) is -1.34. The van der Waals surface area contributed by atoms with E-state index in [0.29, 0.717) is 24.3 Å². The molecule has 1 aromatic carbocycles. The van der Waals surface area contributed by atoms with Crippen LogP contribution in [0.2, 0.25) is 0 Å². The summed E-state index contributed by atoms with van der Waals surface area (Å²) in [7, 11) is 3.70. The van der Waals surface area contributed by atoms with Gasteiger partial charge in [0, 0.05) is 24.9 Å². The van der Waals surface area contributed by atoms with Crippen LogP contribution in [0.4, 0.5) is 0 Å². The Balaban J connectivity index is 0.000000596. The summed E-state index contributed by atoms with van der Waals surface area (Å²) in [4.78, 5) is 23.9. The fraction of sp³-hybridized carbons (Fsp3) is 0.600. The van der Waals surface area contributed by atoms with Gasteiger partial charge in [-0.15, -0.1) is 0 Å². The van der Waals surface area contributed by atoms with Crippen LogP contribution in [-0.4, -0.2) is 81.7 Å². The molecule has 1 spiro atoms. The van der Waals surface area contributed by atoms with Gasteiger partial charge >= 0.3 is 0 Å². The van der Waals surface area contributed by atoms with Crippen molar-refractivity contribution >= 4 is 11.8 Å². The number of carbonyl (C=O) groups excluding carboxylic acids is 1. The van der Waals surface area contributed by atoms with E-state index < -0.39 is 23.1 Å². The van der Waals surface area contributed by atoms with Crippen molar-refractivity contribution in [2.45, 2.75) is 55.8 Å². The summed E-state index contributed by atoms with van der Waals surface area (Å²) in [6, 6.07) is 4.05. The molecule has 10 heteroatoms. The molecule has 0 amide bonds. The maximum atomic E-state index is 12.7. The minimum atomic E-state index is -0.900. The van der Waals surface area contributed by atoms with Crippen molar-refractivity contribution in [3.8, 4) is 11.5 Å². The average molecular weight is 429 g/mol. The SMILES string of the molecule is CC(=O)O.COc1ccc2c3c1O[C@H]1C(=O)CC[C@@]4(O)[C@@H](C2)N(C)CC[C@]314.O.O.O. The number of methoxy groups -OCH3 is 1. The second kappa shape index (κ2) is 8.48. The van der Waals surface area contributed by atoms with Gasteiger partial charge < -0.3 is 41.0 Å². The van der Waals surface area contributed by atoms with E-state index in [1.54, 1.807) is 7.11 Å². The molecule has 8 N–H and O–H groups in total. The van der Waals surface area contributed by atoms with E-state index in [0.717, 1.165) is 31.9 Å². The molecule has 2 aliphatic carbocycles. The van der Waals surface area contributed by atoms with E-state index in [9.17, 15) is 9.90 Å². The van der Waals surface area contributed by atoms with Crippen LogP contribution < -0.4 is 9.47 Å². The van der Waals surface area contributed by atoms with Crippen LogP contribution in [0.15, 0.2) is 12.1 Å². The first-order valence-electron chi connectivity index (χ1n) is 9.28. The lowest BCUT2D eigenvalue weighted by atomic mass is 9.49. The second-order valence-electron chi connectivity index (χ2n) is 7.96. The number of ether oxygens (including phenoxy) is 2. The molecule has 2 bridgehead atoms. The third-order valence-electron chi connectivity index (χ3n) is 6.73. The van der Waals surface area contributed by atoms with Gasteiger partial charge in [-0.2, -0.15) is 0 Å². The summed E-state index contributed by atoms with van der Waals surface area (Å²) in [5.74, 6) is 0.635. The van der Waals surface area contributed by atoms with Crippen LogP contribution >= 0.6 is 0 Å². The second-order valence-corrected chi connectivity index (χ2v) is 7.96. The zero-order valence-corrected chi connectivity index (χ0v) is 17.3. The fourth-order valence-corrected chi connectivity index (χ4v) is 5.69. The first kappa shape index (κ1) is 25.8. The van der Waals surface area contributed by atoms with Crippen LogP contribution in [-0.2, 0) is 21.4 Å². The summed E-state index contributed by atoms with van der Waals surface area (Å²) in [5, 5.41) is 19.2. The highest BCUT2D eigenvalue weighted by Gasteiger charge is 2.72. The summed E-state index contributed by atoms with van der Waals surface area (Å²) in [6.07, 6.45) is 1.89. The molecule has 1 saturated carbocycles. The van der Waals surface area contributed by atoms with Gasteiger partial charge in [-0.1, -0.05) is 6.07 Å². The standard InChI is InChI=1S/C18H21NO4.C2H4O2.3H2O/c1-19-8-7-17-14-10-3-4-12(22-2)15(14)23-16(17)11(20)5-6-18(17,21)13(19)9-10;1-2(3)4;;;/h3-4,13,16,21H,5-9H2,1-2H3;1H3,(H,3,4);3*1H2/t13-,16+,17+,18-;;;;/m1..../s1. The summed E-state index contributed by atoms with van der Waals surface area (Å²) < 4.78 is 11.6. The largest absolute Gasteiger partial charge is 0.493 e. The number of likely N-dealkylation sites (tertiary alicyclic amines) is 1. The Bertz CT molecular complexity index is 825. The van der Waals surface area contributed by atoms with E-state index in [1.165, 1.54) is 5.56 Å². The maximum absolute atomic E-state index is 12.7. The summed E-state index contributed by atoms with van der Waals surface area (Å²) >= 11 is 0. The number of benzene rings is 1. The van der Waals surface area contributed by atoms with Crippen molar-refractivity contribution in [2.75, 3.05) is 20.7 Å². The quantitative estimate of drug-likeness (QED) is 0.552. The molecule has 2 aliphatic heterocycles. The molecular formula is C20H31NO9. The van der Waals surface area contributed by atoms with Crippen LogP contribution in [0.3, 0.4) is 0 Å². The Morgan fingerprint density at radius 1 is 1.27 bits per heavy atom. The molecule has 1 aromatic rings. The molecule has 4 aliphatic rings. The van der Waals surface area contributed by atoms with Gasteiger partial charge in [0.15, 0.2) is 23.4 Å². The van der Waals surface area contributed by atoms with Gasteiger partial charge in [0.05, 0.1) is 18.1 Å². The van der Waals surface area contributed by atoms with Gasteiger partial charge in [0.1, 0.15) is 0 Å². The minimum absolute atomic E-state index is 0. The molecule has 170 valence electrons. The topological polar surface area (TPSA) is 191 Å². The normalized spacial score (nSPS) is 31.9. The Hall–Kier alpha value is -2.24. The molecule has 2 fully saturated rings. The number of hydrogen-bond acceptors (Lipinski definition) is 6. The lowest BCUT2D eigenvalue weighted by Gasteiger charge is -2.62. The molecule has 5 rings (SSSR count). The van der Waals surface area contributed by atoms with Crippen molar-refractivity contribution in [3.05, 3.63) is 23.3 Å². The summed E-state index contributed by atoms with van der Waals surface area (Å²) in [6.45, 7) is 1.95.